The van der Waals surface area contributed by atoms with Crippen LogP contribution in [0.5, 0.6) is 0 Å². The highest BCUT2D eigenvalue weighted by Gasteiger charge is 2.23. The molecule has 60 valence electrons. The molecule has 1 saturated heterocycles. The highest BCUT2D eigenvalue weighted by atomic mass is 16.2. The number of nitrogens with zero attached hydrogens (tertiary/aromatic N) is 1. The number of urea groups is 1. The number of rotatable bonds is 0. The van der Waals surface area contributed by atoms with Gasteiger partial charge < -0.3 is 5.32 Å². The first-order chi connectivity index (χ1) is 3.72. The van der Waals surface area contributed by atoms with E-state index >= 15 is 0 Å². The van der Waals surface area contributed by atoms with Gasteiger partial charge in [0.2, 0.25) is 5.91 Å². The van der Waals surface area contributed by atoms with Gasteiger partial charge in [-0.15, -0.1) is 0 Å². The SMILES string of the molecule is C.C.CN1C(=O)CNC1=O. The normalized spacial score (nSPS) is 15.5. The van der Waals surface area contributed by atoms with Crippen molar-refractivity contribution in [2.75, 3.05) is 13.6 Å². The molecule has 1 rings (SSSR count). The Morgan fingerprint density at radius 1 is 1.40 bits per heavy atom. The Bertz CT molecular complexity index is 129. The Kier molecular flexibility index (Phi) is 4.53. The number of carbonyl (C=O) groups excluding carboxylic acids is 2. The van der Waals surface area contributed by atoms with Gasteiger partial charge in [0.25, 0.3) is 0 Å². The monoisotopic (exact) mass is 146 g/mol. The van der Waals surface area contributed by atoms with E-state index in [2.05, 4.69) is 5.32 Å². The molecule has 0 bridgehead atoms. The molecule has 0 unspecified atom stereocenters. The molecule has 0 aromatic carbocycles. The fourth-order valence-electron chi connectivity index (χ4n) is 0.502. The van der Waals surface area contributed by atoms with E-state index in [1.54, 1.807) is 0 Å². The van der Waals surface area contributed by atoms with Gasteiger partial charge in [0.15, 0.2) is 0 Å². The molecular weight excluding hydrogens is 132 g/mol. The lowest BCUT2D eigenvalue weighted by atomic mass is 10.6. The highest BCUT2D eigenvalue weighted by molar-refractivity contribution is 6.01. The van der Waals surface area contributed by atoms with Gasteiger partial charge in [-0.3, -0.25) is 9.69 Å². The zero-order valence-corrected chi connectivity index (χ0v) is 4.47. The number of imide groups is 1. The molecule has 0 spiro atoms. The van der Waals surface area contributed by atoms with Gasteiger partial charge in [-0.25, -0.2) is 4.79 Å². The number of hydrogen-bond acceptors (Lipinski definition) is 2. The quantitative estimate of drug-likeness (QED) is 0.504. The minimum Gasteiger partial charge on any atom is -0.329 e. The predicted octanol–water partition coefficient (Wildman–Crippen LogP) is 0.440. The van der Waals surface area contributed by atoms with E-state index in [0.29, 0.717) is 0 Å². The minimum atomic E-state index is -0.310. The van der Waals surface area contributed by atoms with Crippen LogP contribution in [0.15, 0.2) is 0 Å². The van der Waals surface area contributed by atoms with E-state index in [-0.39, 0.29) is 33.3 Å². The lowest BCUT2D eigenvalue weighted by Crippen LogP contribution is -2.25. The molecule has 10 heavy (non-hydrogen) atoms. The van der Waals surface area contributed by atoms with Crippen LogP contribution in [0, 0.1) is 0 Å². The van der Waals surface area contributed by atoms with Crippen molar-refractivity contribution in [3.63, 3.8) is 0 Å². The first-order valence-corrected chi connectivity index (χ1v) is 2.26. The van der Waals surface area contributed by atoms with E-state index in [1.165, 1.54) is 7.05 Å². The molecule has 1 heterocycles. The second-order valence-corrected chi connectivity index (χ2v) is 1.61. The second-order valence-electron chi connectivity index (χ2n) is 1.61. The minimum absolute atomic E-state index is 0. The standard InChI is InChI=1S/C4H6N2O2.2CH4/c1-6-3(7)2-5-4(6)8;;/h2H2,1H3,(H,5,8);2*1H4. The molecule has 0 aromatic rings. The lowest BCUT2D eigenvalue weighted by Gasteiger charge is -1.99. The Labute approximate surface area is 61.2 Å². The molecule has 0 radical (unpaired) electrons. The number of hydrogen-bond donors (Lipinski definition) is 1. The van der Waals surface area contributed by atoms with Gasteiger partial charge in [0.05, 0.1) is 6.54 Å². The molecule has 3 amide bonds. The summed E-state index contributed by atoms with van der Waals surface area (Å²) in [5, 5.41) is 2.36. The molecule has 0 saturated carbocycles. The van der Waals surface area contributed by atoms with Crippen LogP contribution in [0.25, 0.3) is 0 Å². The van der Waals surface area contributed by atoms with Gasteiger partial charge in [-0.2, -0.15) is 0 Å². The summed E-state index contributed by atoms with van der Waals surface area (Å²) in [6.07, 6.45) is 0. The smallest absolute Gasteiger partial charge is 0.324 e. The molecule has 1 N–H and O–H groups in total. The Hall–Kier alpha value is -1.06. The number of nitrogens with one attached hydrogen (secondary N) is 1. The largest absolute Gasteiger partial charge is 0.329 e. The molecule has 4 heteroatoms. The topological polar surface area (TPSA) is 49.4 Å². The van der Waals surface area contributed by atoms with Crippen LogP contribution < -0.4 is 5.32 Å². The predicted molar refractivity (Wildman–Crippen MR) is 39.6 cm³/mol. The van der Waals surface area contributed by atoms with Crippen molar-refractivity contribution in [1.82, 2.24) is 10.2 Å². The maximum absolute atomic E-state index is 10.4. The first kappa shape index (κ1) is 11.7. The summed E-state index contributed by atoms with van der Waals surface area (Å²) in [7, 11) is 1.45. The maximum atomic E-state index is 10.4. The van der Waals surface area contributed by atoms with Crippen molar-refractivity contribution in [3.8, 4) is 0 Å². The highest BCUT2D eigenvalue weighted by Crippen LogP contribution is 1.91. The van der Waals surface area contributed by atoms with Gasteiger partial charge >= 0.3 is 6.03 Å². The third kappa shape index (κ3) is 1.72. The average molecular weight is 146 g/mol. The van der Waals surface area contributed by atoms with Crippen molar-refractivity contribution in [1.29, 1.82) is 0 Å². The molecule has 1 aliphatic rings. The molecular formula is C6H14N2O2. The zero-order chi connectivity index (χ0) is 6.15. The van der Waals surface area contributed by atoms with E-state index in [1.807, 2.05) is 0 Å². The van der Waals surface area contributed by atoms with Crippen LogP contribution in [0.4, 0.5) is 4.79 Å². The Balaban J connectivity index is 0. The maximum Gasteiger partial charge on any atom is 0.324 e. The van der Waals surface area contributed by atoms with Crippen LogP contribution in [0.3, 0.4) is 0 Å². The summed E-state index contributed by atoms with van der Waals surface area (Å²) < 4.78 is 0. The third-order valence-corrected chi connectivity index (χ3v) is 1.07. The number of likely N-dealkylation sites (N-methyl/N-ethyl adjacent to an activating group) is 1. The molecule has 0 atom stereocenters. The van der Waals surface area contributed by atoms with Crippen LogP contribution in [0.2, 0.25) is 0 Å². The first-order valence-electron chi connectivity index (χ1n) is 2.26. The fraction of sp³-hybridized carbons (Fsp3) is 0.667. The fourth-order valence-corrected chi connectivity index (χ4v) is 0.502. The van der Waals surface area contributed by atoms with Crippen LogP contribution in [0.1, 0.15) is 14.9 Å². The van der Waals surface area contributed by atoms with Gasteiger partial charge in [0, 0.05) is 7.05 Å². The Morgan fingerprint density at radius 2 is 1.90 bits per heavy atom. The molecule has 0 aromatic heterocycles. The molecule has 4 nitrogen and oxygen atoms in total. The second kappa shape index (κ2) is 3.87. The van der Waals surface area contributed by atoms with Crippen molar-refractivity contribution >= 4 is 11.9 Å². The van der Waals surface area contributed by atoms with Gasteiger partial charge in [-0.05, 0) is 0 Å². The van der Waals surface area contributed by atoms with E-state index in [9.17, 15) is 9.59 Å². The summed E-state index contributed by atoms with van der Waals surface area (Å²) in [6, 6.07) is -0.310. The van der Waals surface area contributed by atoms with Gasteiger partial charge in [-0.1, -0.05) is 14.9 Å². The summed E-state index contributed by atoms with van der Waals surface area (Å²) in [5.41, 5.74) is 0. The summed E-state index contributed by atoms with van der Waals surface area (Å²) >= 11 is 0. The van der Waals surface area contributed by atoms with Crippen molar-refractivity contribution in [2.45, 2.75) is 14.9 Å². The number of carbonyl (C=O) groups is 2. The van der Waals surface area contributed by atoms with Gasteiger partial charge in [0.1, 0.15) is 0 Å². The van der Waals surface area contributed by atoms with Crippen molar-refractivity contribution < 1.29 is 9.59 Å². The summed E-state index contributed by atoms with van der Waals surface area (Å²) in [5.74, 6) is -0.171. The molecule has 1 aliphatic heterocycles. The average Bonchev–Trinajstić information content (AvgIpc) is 1.98. The lowest BCUT2D eigenvalue weighted by molar-refractivity contribution is -0.124. The zero-order valence-electron chi connectivity index (χ0n) is 4.47. The van der Waals surface area contributed by atoms with E-state index < -0.39 is 0 Å². The third-order valence-electron chi connectivity index (χ3n) is 1.07. The Morgan fingerprint density at radius 3 is 2.00 bits per heavy atom. The van der Waals surface area contributed by atoms with Crippen molar-refractivity contribution in [2.24, 2.45) is 0 Å². The van der Waals surface area contributed by atoms with Crippen LogP contribution in [-0.4, -0.2) is 30.4 Å². The van der Waals surface area contributed by atoms with Crippen molar-refractivity contribution in [3.05, 3.63) is 0 Å². The van der Waals surface area contributed by atoms with E-state index in [4.69, 9.17) is 0 Å². The summed E-state index contributed by atoms with van der Waals surface area (Å²) in [6.45, 7) is 0.148. The number of amides is 3. The molecule has 0 aliphatic carbocycles. The van der Waals surface area contributed by atoms with E-state index in [0.717, 1.165) is 4.90 Å². The summed E-state index contributed by atoms with van der Waals surface area (Å²) in [4.78, 5) is 21.9. The van der Waals surface area contributed by atoms with Crippen LogP contribution in [-0.2, 0) is 4.79 Å². The molecule has 1 fully saturated rings. The van der Waals surface area contributed by atoms with Crippen LogP contribution >= 0.6 is 0 Å².